The van der Waals surface area contributed by atoms with Crippen LogP contribution in [0.15, 0.2) is 24.4 Å². The van der Waals surface area contributed by atoms with Crippen LogP contribution < -0.4 is 5.73 Å². The summed E-state index contributed by atoms with van der Waals surface area (Å²) in [5, 5.41) is 11.7. The third kappa shape index (κ3) is 3.07. The van der Waals surface area contributed by atoms with Crippen molar-refractivity contribution in [2.45, 2.75) is 25.8 Å². The minimum absolute atomic E-state index is 0.721. The third-order valence-electron chi connectivity index (χ3n) is 2.50. The molecule has 2 aromatic heterocycles. The van der Waals surface area contributed by atoms with Crippen molar-refractivity contribution in [1.29, 1.82) is 0 Å². The van der Waals surface area contributed by atoms with Gasteiger partial charge in [-0.1, -0.05) is 12.5 Å². The van der Waals surface area contributed by atoms with Crippen LogP contribution in [0.2, 0.25) is 0 Å². The molecule has 0 aliphatic rings. The van der Waals surface area contributed by atoms with Gasteiger partial charge in [-0.25, -0.2) is 4.68 Å². The predicted molar refractivity (Wildman–Crippen MR) is 64.0 cm³/mol. The zero-order chi connectivity index (χ0) is 11.9. The Hall–Kier alpha value is -1.82. The average Bonchev–Trinajstić information content (AvgIpc) is 2.84. The molecule has 6 nitrogen and oxygen atoms in total. The molecule has 0 unspecified atom stereocenters. The van der Waals surface area contributed by atoms with E-state index in [4.69, 9.17) is 5.73 Å². The number of nitrogens with zero attached hydrogens (tertiary/aromatic N) is 5. The number of rotatable bonds is 6. The quantitative estimate of drug-likeness (QED) is 0.747. The first-order valence-electron chi connectivity index (χ1n) is 5.79. The van der Waals surface area contributed by atoms with Gasteiger partial charge in [0.05, 0.1) is 0 Å². The fourth-order valence-electron chi connectivity index (χ4n) is 1.62. The van der Waals surface area contributed by atoms with Crippen molar-refractivity contribution in [3.8, 4) is 11.5 Å². The van der Waals surface area contributed by atoms with E-state index < -0.39 is 0 Å². The maximum atomic E-state index is 5.45. The zero-order valence-corrected chi connectivity index (χ0v) is 9.66. The highest BCUT2D eigenvalue weighted by Crippen LogP contribution is 2.12. The summed E-state index contributed by atoms with van der Waals surface area (Å²) in [6.07, 6.45) is 4.91. The molecule has 0 saturated carbocycles. The Bertz CT molecular complexity index is 438. The summed E-state index contributed by atoms with van der Waals surface area (Å²) >= 11 is 0. The topological polar surface area (TPSA) is 82.5 Å². The summed E-state index contributed by atoms with van der Waals surface area (Å²) in [6, 6.07) is 5.71. The van der Waals surface area contributed by atoms with E-state index in [-0.39, 0.29) is 0 Å². The van der Waals surface area contributed by atoms with Gasteiger partial charge in [-0.15, -0.1) is 5.10 Å². The second-order valence-corrected chi connectivity index (χ2v) is 3.79. The fourth-order valence-corrected chi connectivity index (χ4v) is 1.62. The second-order valence-electron chi connectivity index (χ2n) is 3.79. The van der Waals surface area contributed by atoms with Gasteiger partial charge in [0, 0.05) is 12.7 Å². The number of aromatic nitrogens is 5. The molecular weight excluding hydrogens is 216 g/mol. The molecule has 0 fully saturated rings. The van der Waals surface area contributed by atoms with Crippen molar-refractivity contribution in [1.82, 2.24) is 25.2 Å². The molecule has 0 amide bonds. The molecule has 0 aliphatic heterocycles. The predicted octanol–water partition coefficient (Wildman–Crippen LogP) is 0.864. The standard InChI is InChI=1S/C11H16N6/c12-7-3-1-5-9-17-11(14-15-16-17)10-6-2-4-8-13-10/h2,4,6,8H,1,3,5,7,9,12H2. The Kier molecular flexibility index (Phi) is 4.15. The Morgan fingerprint density at radius 3 is 2.88 bits per heavy atom. The van der Waals surface area contributed by atoms with E-state index in [0.29, 0.717) is 0 Å². The van der Waals surface area contributed by atoms with E-state index >= 15 is 0 Å². The maximum Gasteiger partial charge on any atom is 0.200 e. The average molecular weight is 232 g/mol. The fraction of sp³-hybridized carbons (Fsp3) is 0.455. The Labute approximate surface area is 99.9 Å². The number of nitrogens with two attached hydrogens (primary N) is 1. The summed E-state index contributed by atoms with van der Waals surface area (Å²) in [7, 11) is 0. The van der Waals surface area contributed by atoms with E-state index in [1.54, 1.807) is 10.9 Å². The van der Waals surface area contributed by atoms with E-state index in [9.17, 15) is 0 Å². The summed E-state index contributed by atoms with van der Waals surface area (Å²) in [6.45, 7) is 1.54. The van der Waals surface area contributed by atoms with Gasteiger partial charge in [-0.2, -0.15) is 0 Å². The normalized spacial score (nSPS) is 10.6. The number of pyridine rings is 1. The zero-order valence-electron chi connectivity index (χ0n) is 9.66. The molecule has 0 aliphatic carbocycles. The summed E-state index contributed by atoms with van der Waals surface area (Å²) in [5.74, 6) is 0.721. The lowest BCUT2D eigenvalue weighted by atomic mass is 10.2. The highest BCUT2D eigenvalue weighted by atomic mass is 15.5. The highest BCUT2D eigenvalue weighted by Gasteiger charge is 2.08. The maximum absolute atomic E-state index is 5.45. The molecule has 6 heteroatoms. The van der Waals surface area contributed by atoms with Crippen LogP contribution in [0.25, 0.3) is 11.5 Å². The summed E-state index contributed by atoms with van der Waals surface area (Å²) < 4.78 is 1.79. The molecule has 0 spiro atoms. The van der Waals surface area contributed by atoms with E-state index in [1.165, 1.54) is 0 Å². The van der Waals surface area contributed by atoms with Crippen LogP contribution in [-0.4, -0.2) is 31.7 Å². The SMILES string of the molecule is NCCCCCn1nnnc1-c1ccccn1. The van der Waals surface area contributed by atoms with Gasteiger partial charge in [0.2, 0.25) is 5.82 Å². The van der Waals surface area contributed by atoms with Gasteiger partial charge in [-0.05, 0) is 41.9 Å². The largest absolute Gasteiger partial charge is 0.330 e. The van der Waals surface area contributed by atoms with E-state index in [0.717, 1.165) is 43.9 Å². The molecule has 17 heavy (non-hydrogen) atoms. The molecule has 2 rings (SSSR count). The first-order chi connectivity index (χ1) is 8.42. The number of tetrazole rings is 1. The van der Waals surface area contributed by atoms with Crippen molar-refractivity contribution in [2.75, 3.05) is 6.54 Å². The second kappa shape index (κ2) is 6.05. The van der Waals surface area contributed by atoms with Crippen molar-refractivity contribution >= 4 is 0 Å². The molecule has 0 aromatic carbocycles. The lowest BCUT2D eigenvalue weighted by Crippen LogP contribution is -2.05. The minimum atomic E-state index is 0.721. The molecule has 90 valence electrons. The molecule has 2 aromatic rings. The van der Waals surface area contributed by atoms with Crippen LogP contribution in [0, 0.1) is 0 Å². The smallest absolute Gasteiger partial charge is 0.200 e. The molecule has 0 atom stereocenters. The van der Waals surface area contributed by atoms with Crippen molar-refractivity contribution in [3.63, 3.8) is 0 Å². The summed E-state index contributed by atoms with van der Waals surface area (Å²) in [4.78, 5) is 4.24. The minimum Gasteiger partial charge on any atom is -0.330 e. The van der Waals surface area contributed by atoms with Crippen LogP contribution in [0.3, 0.4) is 0 Å². The number of hydrogen-bond donors (Lipinski definition) is 1. The highest BCUT2D eigenvalue weighted by molar-refractivity contribution is 5.47. The number of hydrogen-bond acceptors (Lipinski definition) is 5. The van der Waals surface area contributed by atoms with Gasteiger partial charge in [0.25, 0.3) is 0 Å². The van der Waals surface area contributed by atoms with Crippen molar-refractivity contribution < 1.29 is 0 Å². The van der Waals surface area contributed by atoms with Crippen LogP contribution in [0.5, 0.6) is 0 Å². The third-order valence-corrected chi connectivity index (χ3v) is 2.50. The van der Waals surface area contributed by atoms with Gasteiger partial charge in [0.15, 0.2) is 0 Å². The summed E-state index contributed by atoms with van der Waals surface area (Å²) in [5.41, 5.74) is 6.25. The van der Waals surface area contributed by atoms with Crippen molar-refractivity contribution in [2.24, 2.45) is 5.73 Å². The first kappa shape index (κ1) is 11.7. The Morgan fingerprint density at radius 1 is 1.18 bits per heavy atom. The first-order valence-corrected chi connectivity index (χ1v) is 5.79. The molecular formula is C11H16N6. The monoisotopic (exact) mass is 232 g/mol. The van der Waals surface area contributed by atoms with E-state index in [2.05, 4.69) is 20.5 Å². The lowest BCUT2D eigenvalue weighted by Gasteiger charge is -2.03. The van der Waals surface area contributed by atoms with Crippen molar-refractivity contribution in [3.05, 3.63) is 24.4 Å². The van der Waals surface area contributed by atoms with Crippen LogP contribution in [0.1, 0.15) is 19.3 Å². The van der Waals surface area contributed by atoms with Crippen LogP contribution >= 0.6 is 0 Å². The molecule has 0 bridgehead atoms. The molecule has 0 saturated heterocycles. The van der Waals surface area contributed by atoms with Crippen LogP contribution in [-0.2, 0) is 6.54 Å². The molecule has 0 radical (unpaired) electrons. The van der Waals surface area contributed by atoms with Gasteiger partial charge in [-0.3, -0.25) is 4.98 Å². The van der Waals surface area contributed by atoms with E-state index in [1.807, 2.05) is 18.2 Å². The van der Waals surface area contributed by atoms with Gasteiger partial charge >= 0.3 is 0 Å². The van der Waals surface area contributed by atoms with Crippen LogP contribution in [0.4, 0.5) is 0 Å². The number of unbranched alkanes of at least 4 members (excludes halogenated alkanes) is 2. The Morgan fingerprint density at radius 2 is 2.12 bits per heavy atom. The van der Waals surface area contributed by atoms with Gasteiger partial charge < -0.3 is 5.73 Å². The number of aryl methyl sites for hydroxylation is 1. The molecule has 2 heterocycles. The molecule has 2 N–H and O–H groups in total. The lowest BCUT2D eigenvalue weighted by molar-refractivity contribution is 0.535. The Balaban J connectivity index is 2.02. The van der Waals surface area contributed by atoms with Gasteiger partial charge in [0.1, 0.15) is 5.69 Å².